The molecule has 1 rings (SSSR count). The Hall–Kier alpha value is -1.55. The van der Waals surface area contributed by atoms with Gasteiger partial charge in [0.05, 0.1) is 0 Å². The fraction of sp³-hybridized carbons (Fsp3) is 0.462. The van der Waals surface area contributed by atoms with Crippen LogP contribution in [0, 0.1) is 0 Å². The van der Waals surface area contributed by atoms with E-state index in [2.05, 4.69) is 17.4 Å². The minimum absolute atomic E-state index is 0.250. The maximum absolute atomic E-state index is 8.59. The first-order chi connectivity index (χ1) is 8.35. The van der Waals surface area contributed by atoms with Crippen molar-refractivity contribution in [3.05, 3.63) is 30.3 Å². The first kappa shape index (κ1) is 15.4. The summed E-state index contributed by atoms with van der Waals surface area (Å²) in [5, 5.41) is 18.8. The second kappa shape index (κ2) is 12.5. The van der Waals surface area contributed by atoms with E-state index in [1.165, 1.54) is 18.5 Å². The Balaban J connectivity index is 0.000000770. The molecule has 1 aromatic rings. The summed E-state index contributed by atoms with van der Waals surface area (Å²) in [5.41, 5.74) is 1.19. The standard InChI is InChI=1S/C12H19NO.CH2O2/c14-11-7-2-1-6-10-13-12-8-4-3-5-9-12;2-1-3/h3-5,8-9,13-14H,1-2,6-7,10-11H2;1H,(H,2,3). The van der Waals surface area contributed by atoms with E-state index >= 15 is 0 Å². The zero-order valence-electron chi connectivity index (χ0n) is 10.0. The van der Waals surface area contributed by atoms with Gasteiger partial charge >= 0.3 is 0 Å². The van der Waals surface area contributed by atoms with E-state index in [9.17, 15) is 0 Å². The second-order valence-corrected chi connectivity index (χ2v) is 3.54. The number of nitrogens with one attached hydrogen (secondary N) is 1. The molecule has 1 aromatic carbocycles. The van der Waals surface area contributed by atoms with Crippen molar-refractivity contribution in [2.24, 2.45) is 0 Å². The summed E-state index contributed by atoms with van der Waals surface area (Å²) in [6.07, 6.45) is 4.44. The van der Waals surface area contributed by atoms with Gasteiger partial charge in [-0.1, -0.05) is 31.0 Å². The Morgan fingerprint density at radius 1 is 1.06 bits per heavy atom. The van der Waals surface area contributed by atoms with Crippen LogP contribution in [0.5, 0.6) is 0 Å². The number of aliphatic hydroxyl groups is 1. The molecule has 0 aromatic heterocycles. The SMILES string of the molecule is O=CO.OCCCCCCNc1ccccc1. The third kappa shape index (κ3) is 10.7. The van der Waals surface area contributed by atoms with E-state index in [0.717, 1.165) is 19.4 Å². The zero-order valence-corrected chi connectivity index (χ0v) is 10.0. The second-order valence-electron chi connectivity index (χ2n) is 3.54. The molecule has 0 fully saturated rings. The number of unbranched alkanes of at least 4 members (excludes halogenated alkanes) is 3. The van der Waals surface area contributed by atoms with Crippen molar-refractivity contribution in [1.82, 2.24) is 0 Å². The fourth-order valence-corrected chi connectivity index (χ4v) is 1.38. The van der Waals surface area contributed by atoms with E-state index in [4.69, 9.17) is 15.0 Å². The van der Waals surface area contributed by atoms with Gasteiger partial charge in [0.15, 0.2) is 0 Å². The van der Waals surface area contributed by atoms with Crippen LogP contribution < -0.4 is 5.32 Å². The molecule has 0 atom stereocenters. The molecule has 0 aliphatic heterocycles. The van der Waals surface area contributed by atoms with Gasteiger partial charge < -0.3 is 15.5 Å². The van der Waals surface area contributed by atoms with Crippen LogP contribution in [-0.2, 0) is 4.79 Å². The van der Waals surface area contributed by atoms with Crippen molar-refractivity contribution in [3.8, 4) is 0 Å². The molecule has 0 radical (unpaired) electrons. The first-order valence-electron chi connectivity index (χ1n) is 5.82. The van der Waals surface area contributed by atoms with Crippen LogP contribution in [0.1, 0.15) is 25.7 Å². The lowest BCUT2D eigenvalue weighted by Crippen LogP contribution is -2.00. The molecular weight excluding hydrogens is 218 g/mol. The summed E-state index contributed by atoms with van der Waals surface area (Å²) in [6.45, 7) is 1.10. The van der Waals surface area contributed by atoms with Gasteiger partial charge in [0, 0.05) is 18.8 Å². The van der Waals surface area contributed by atoms with Crippen LogP contribution in [0.25, 0.3) is 0 Å². The van der Waals surface area contributed by atoms with Crippen molar-refractivity contribution in [3.63, 3.8) is 0 Å². The monoisotopic (exact) mass is 239 g/mol. The molecule has 96 valence electrons. The Morgan fingerprint density at radius 2 is 1.65 bits per heavy atom. The zero-order chi connectivity index (χ0) is 12.8. The predicted octanol–water partition coefficient (Wildman–Crippen LogP) is 2.35. The largest absolute Gasteiger partial charge is 0.483 e. The molecule has 0 amide bonds. The number of aliphatic hydroxyl groups excluding tert-OH is 1. The van der Waals surface area contributed by atoms with E-state index in [1.807, 2.05) is 18.2 Å². The number of carbonyl (C=O) groups is 1. The first-order valence-corrected chi connectivity index (χ1v) is 5.82. The van der Waals surface area contributed by atoms with Crippen LogP contribution in [0.3, 0.4) is 0 Å². The molecule has 0 spiro atoms. The van der Waals surface area contributed by atoms with E-state index in [0.29, 0.717) is 6.61 Å². The Kier molecular flexibility index (Phi) is 11.4. The average molecular weight is 239 g/mol. The Bertz CT molecular complexity index is 265. The molecule has 0 unspecified atom stereocenters. The van der Waals surface area contributed by atoms with Crippen molar-refractivity contribution in [2.45, 2.75) is 25.7 Å². The minimum atomic E-state index is -0.250. The van der Waals surface area contributed by atoms with Gasteiger partial charge in [-0.15, -0.1) is 0 Å². The molecule has 3 N–H and O–H groups in total. The summed E-state index contributed by atoms with van der Waals surface area (Å²) < 4.78 is 0. The molecule has 4 nitrogen and oxygen atoms in total. The number of anilines is 1. The summed E-state index contributed by atoms with van der Waals surface area (Å²) in [5.74, 6) is 0. The lowest BCUT2D eigenvalue weighted by molar-refractivity contribution is -0.122. The highest BCUT2D eigenvalue weighted by molar-refractivity contribution is 5.42. The third-order valence-electron chi connectivity index (χ3n) is 2.19. The number of rotatable bonds is 7. The third-order valence-corrected chi connectivity index (χ3v) is 2.19. The van der Waals surface area contributed by atoms with Crippen LogP contribution in [0.15, 0.2) is 30.3 Å². The number of para-hydroxylation sites is 1. The van der Waals surface area contributed by atoms with Crippen molar-refractivity contribution < 1.29 is 15.0 Å². The summed E-state index contributed by atoms with van der Waals surface area (Å²) in [6, 6.07) is 10.2. The van der Waals surface area contributed by atoms with Crippen molar-refractivity contribution in [2.75, 3.05) is 18.5 Å². The number of hydrogen-bond donors (Lipinski definition) is 3. The normalized spacial score (nSPS) is 9.00. The number of hydrogen-bond acceptors (Lipinski definition) is 3. The van der Waals surface area contributed by atoms with E-state index in [-0.39, 0.29) is 6.47 Å². The number of benzene rings is 1. The quantitative estimate of drug-likeness (QED) is 0.504. The van der Waals surface area contributed by atoms with Crippen molar-refractivity contribution >= 4 is 12.2 Å². The van der Waals surface area contributed by atoms with Gasteiger partial charge in [0.1, 0.15) is 0 Å². The molecule has 0 saturated heterocycles. The maximum Gasteiger partial charge on any atom is 0.290 e. The fourth-order valence-electron chi connectivity index (χ4n) is 1.38. The van der Waals surface area contributed by atoms with Gasteiger partial charge in [-0.3, -0.25) is 4.79 Å². The minimum Gasteiger partial charge on any atom is -0.483 e. The van der Waals surface area contributed by atoms with E-state index in [1.54, 1.807) is 0 Å². The average Bonchev–Trinajstić information content (AvgIpc) is 2.36. The summed E-state index contributed by atoms with van der Waals surface area (Å²) in [4.78, 5) is 8.36. The highest BCUT2D eigenvalue weighted by atomic mass is 16.3. The Morgan fingerprint density at radius 3 is 2.24 bits per heavy atom. The molecule has 0 saturated carbocycles. The predicted molar refractivity (Wildman–Crippen MR) is 69.2 cm³/mol. The molecule has 0 heterocycles. The van der Waals surface area contributed by atoms with Crippen LogP contribution in [0.2, 0.25) is 0 Å². The van der Waals surface area contributed by atoms with Gasteiger partial charge in [0.2, 0.25) is 0 Å². The molecule has 0 aliphatic rings. The summed E-state index contributed by atoms with van der Waals surface area (Å²) in [7, 11) is 0. The Labute approximate surface area is 102 Å². The lowest BCUT2D eigenvalue weighted by atomic mass is 10.2. The highest BCUT2D eigenvalue weighted by Gasteiger charge is 1.90. The van der Waals surface area contributed by atoms with Gasteiger partial charge in [-0.05, 0) is 25.0 Å². The lowest BCUT2D eigenvalue weighted by Gasteiger charge is -2.05. The molecule has 0 bridgehead atoms. The maximum atomic E-state index is 8.59. The molecule has 17 heavy (non-hydrogen) atoms. The van der Waals surface area contributed by atoms with E-state index < -0.39 is 0 Å². The topological polar surface area (TPSA) is 69.6 Å². The van der Waals surface area contributed by atoms with Crippen LogP contribution >= 0.6 is 0 Å². The highest BCUT2D eigenvalue weighted by Crippen LogP contribution is 2.06. The van der Waals surface area contributed by atoms with Crippen LogP contribution in [-0.4, -0.2) is 29.8 Å². The smallest absolute Gasteiger partial charge is 0.290 e. The van der Waals surface area contributed by atoms with Crippen LogP contribution in [0.4, 0.5) is 5.69 Å². The summed E-state index contributed by atoms with van der Waals surface area (Å²) >= 11 is 0. The number of carboxylic acid groups (broad SMARTS) is 1. The van der Waals surface area contributed by atoms with Gasteiger partial charge in [0.25, 0.3) is 6.47 Å². The molecular formula is C13H21NO3. The molecule has 0 aliphatic carbocycles. The molecule has 4 heteroatoms. The van der Waals surface area contributed by atoms with Gasteiger partial charge in [-0.2, -0.15) is 0 Å². The van der Waals surface area contributed by atoms with Crippen molar-refractivity contribution in [1.29, 1.82) is 0 Å². The van der Waals surface area contributed by atoms with Gasteiger partial charge in [-0.25, -0.2) is 0 Å².